The number of aliphatic carboxylic acids is 3. The molecule has 16 heteroatoms. The molecule has 0 aromatic heterocycles. The molecule has 0 aliphatic carbocycles. The molecule has 0 aromatic rings. The fourth-order valence-corrected chi connectivity index (χ4v) is 4.61. The van der Waals surface area contributed by atoms with E-state index in [4.69, 9.17) is 0 Å². The van der Waals surface area contributed by atoms with E-state index >= 15 is 0 Å². The molecule has 0 bridgehead atoms. The number of amides is 1. The van der Waals surface area contributed by atoms with Crippen molar-refractivity contribution in [3.8, 4) is 0 Å². The van der Waals surface area contributed by atoms with Crippen molar-refractivity contribution in [3.05, 3.63) is 12.3 Å². The van der Waals surface area contributed by atoms with Crippen molar-refractivity contribution in [1.29, 1.82) is 0 Å². The molecule has 2 unspecified atom stereocenters. The average Bonchev–Trinajstić information content (AvgIpc) is 2.82. The molecular weight excluding hydrogens is 610 g/mol. The van der Waals surface area contributed by atoms with E-state index in [1.807, 2.05) is 0 Å². The van der Waals surface area contributed by atoms with Crippen LogP contribution in [0.15, 0.2) is 12.3 Å². The van der Waals surface area contributed by atoms with Crippen molar-refractivity contribution < 1.29 is 166 Å². The molecule has 0 N–H and O–H groups in total. The van der Waals surface area contributed by atoms with E-state index in [0.717, 1.165) is 31.9 Å². The maximum atomic E-state index is 12.5. The summed E-state index contributed by atoms with van der Waals surface area (Å²) in [6.45, 7) is 2.21. The van der Waals surface area contributed by atoms with Crippen molar-refractivity contribution in [2.45, 2.75) is 127 Å². The molecule has 0 saturated heterocycles. The maximum Gasteiger partial charge on any atom is 1.00 e. The Morgan fingerprint density at radius 3 is 1.40 bits per heavy atom. The number of rotatable bonds is 24. The smallest absolute Gasteiger partial charge is 0.747 e. The summed E-state index contributed by atoms with van der Waals surface area (Å²) in [5.41, 5.74) is 0. The molecule has 11 nitrogen and oxygen atoms in total. The molecular formula is C26H41NNa4O10S. The van der Waals surface area contributed by atoms with Gasteiger partial charge in [0.2, 0.25) is 5.91 Å². The Morgan fingerprint density at radius 1 is 0.667 bits per heavy atom. The number of carbonyl (C=O) groups is 4. The van der Waals surface area contributed by atoms with Crippen molar-refractivity contribution in [1.82, 2.24) is 4.90 Å². The van der Waals surface area contributed by atoms with Crippen LogP contribution in [0.1, 0.15) is 116 Å². The van der Waals surface area contributed by atoms with Crippen LogP contribution in [0, 0.1) is 0 Å². The molecule has 0 spiro atoms. The summed E-state index contributed by atoms with van der Waals surface area (Å²) in [5.74, 6) is -7.53. The van der Waals surface area contributed by atoms with E-state index in [-0.39, 0.29) is 118 Å². The summed E-state index contributed by atoms with van der Waals surface area (Å²) in [5, 5.41) is 30.6. The van der Waals surface area contributed by atoms with Gasteiger partial charge in [0.25, 0.3) is 0 Å². The minimum Gasteiger partial charge on any atom is -0.747 e. The second kappa shape index (κ2) is 32.5. The van der Waals surface area contributed by atoms with Gasteiger partial charge < -0.3 is 39.2 Å². The summed E-state index contributed by atoms with van der Waals surface area (Å²) < 4.78 is 33.4. The fourth-order valence-electron chi connectivity index (χ4n) is 4.03. The Bertz CT molecular complexity index is 875. The van der Waals surface area contributed by atoms with E-state index in [9.17, 15) is 47.5 Å². The number of unbranched alkanes of at least 4 members (excludes halogenated alkanes) is 14. The monoisotopic (exact) mass is 651 g/mol. The third-order valence-corrected chi connectivity index (χ3v) is 7.27. The molecule has 42 heavy (non-hydrogen) atoms. The van der Waals surface area contributed by atoms with Gasteiger partial charge >= 0.3 is 118 Å². The van der Waals surface area contributed by atoms with Crippen LogP contribution in [-0.4, -0.2) is 53.0 Å². The van der Waals surface area contributed by atoms with Gasteiger partial charge in [-0.1, -0.05) is 96.5 Å². The third-order valence-electron chi connectivity index (χ3n) is 6.22. The standard InChI is InChI=1S/C26H45NO10S.4Na/c1-2-3-4-5-6-7-8-9-10-11-12-13-14-15-16-17-18-27(21(25(31)32)19-24(29)30)23(28)20-22(26(33)34)38(35,36)37;;;;/h17-18,21-22H,2-16,19-20H2,1H3,(H,29,30)(H,31,32)(H,33,34)(H,35,36,37);;;;/q;4*+1/p-4/b18-17+;;;;. The Morgan fingerprint density at radius 2 is 1.07 bits per heavy atom. The fraction of sp³-hybridized carbons (Fsp3) is 0.769. The number of hydrogen-bond donors (Lipinski definition) is 0. The molecule has 0 aliphatic rings. The van der Waals surface area contributed by atoms with Gasteiger partial charge in [-0.15, -0.1) is 0 Å². The first-order chi connectivity index (χ1) is 17.9. The van der Waals surface area contributed by atoms with Crippen LogP contribution in [0.4, 0.5) is 0 Å². The van der Waals surface area contributed by atoms with Crippen LogP contribution < -0.4 is 134 Å². The van der Waals surface area contributed by atoms with Crippen LogP contribution in [0.25, 0.3) is 0 Å². The molecule has 0 aromatic carbocycles. The molecule has 0 aliphatic heterocycles. The van der Waals surface area contributed by atoms with Gasteiger partial charge in [-0.25, -0.2) is 8.42 Å². The molecule has 0 radical (unpaired) electrons. The van der Waals surface area contributed by atoms with E-state index in [1.165, 1.54) is 63.9 Å². The molecule has 220 valence electrons. The molecule has 0 rings (SSSR count). The van der Waals surface area contributed by atoms with Crippen molar-refractivity contribution >= 4 is 33.9 Å². The summed E-state index contributed by atoms with van der Waals surface area (Å²) in [4.78, 5) is 46.2. The van der Waals surface area contributed by atoms with Gasteiger partial charge in [0.1, 0.15) is 10.1 Å². The zero-order valence-corrected chi connectivity index (χ0v) is 35.1. The Balaban J connectivity index is -0.00000114. The van der Waals surface area contributed by atoms with E-state index in [0.29, 0.717) is 17.7 Å². The van der Waals surface area contributed by atoms with Gasteiger partial charge in [0, 0.05) is 25.0 Å². The minimum atomic E-state index is -5.49. The second-order valence-corrected chi connectivity index (χ2v) is 11.0. The van der Waals surface area contributed by atoms with Crippen molar-refractivity contribution in [2.24, 2.45) is 0 Å². The van der Waals surface area contributed by atoms with Crippen LogP contribution in [0.5, 0.6) is 0 Å². The van der Waals surface area contributed by atoms with Gasteiger partial charge in [-0.2, -0.15) is 0 Å². The number of nitrogens with zero attached hydrogens (tertiary/aromatic N) is 1. The van der Waals surface area contributed by atoms with Gasteiger partial charge in [0.15, 0.2) is 0 Å². The van der Waals surface area contributed by atoms with E-state index < -0.39 is 58.1 Å². The molecule has 2 atom stereocenters. The van der Waals surface area contributed by atoms with E-state index in [2.05, 4.69) is 6.92 Å². The molecule has 0 fully saturated rings. The largest absolute Gasteiger partial charge is 1.00 e. The van der Waals surface area contributed by atoms with Crippen molar-refractivity contribution in [2.75, 3.05) is 0 Å². The van der Waals surface area contributed by atoms with Gasteiger partial charge in [-0.05, 0) is 12.8 Å². The zero-order valence-electron chi connectivity index (χ0n) is 26.3. The van der Waals surface area contributed by atoms with Crippen LogP contribution >= 0.6 is 0 Å². The predicted octanol–water partition coefficient (Wildman–Crippen LogP) is -11.5. The SMILES string of the molecule is CCCCCCCCCCCCCCCC/C=C/N(C(=O)CC(C(=O)[O-])S(=O)(=O)[O-])C(CC(=O)[O-])C(=O)[O-].[Na+].[Na+].[Na+].[Na+]. The quantitative estimate of drug-likeness (QED) is 0.0549. The molecule has 0 heterocycles. The van der Waals surface area contributed by atoms with Gasteiger partial charge in [-0.3, -0.25) is 4.79 Å². The van der Waals surface area contributed by atoms with Crippen LogP contribution in [0.3, 0.4) is 0 Å². The van der Waals surface area contributed by atoms with Gasteiger partial charge in [0.05, 0.1) is 23.2 Å². The molecule has 0 saturated carbocycles. The summed E-state index contributed by atoms with van der Waals surface area (Å²) >= 11 is 0. The number of carboxylic acid groups (broad SMARTS) is 3. The first-order valence-corrected chi connectivity index (χ1v) is 14.9. The third kappa shape index (κ3) is 27.8. The second-order valence-electron chi connectivity index (χ2n) is 9.49. The summed E-state index contributed by atoms with van der Waals surface area (Å²) in [7, 11) is -5.49. The predicted molar refractivity (Wildman–Crippen MR) is 132 cm³/mol. The Labute approximate surface area is 339 Å². The summed E-state index contributed by atoms with van der Waals surface area (Å²) in [6.07, 6.45) is 16.4. The van der Waals surface area contributed by atoms with E-state index in [1.54, 1.807) is 0 Å². The number of carboxylic acids is 3. The topological polar surface area (TPSA) is 198 Å². The average molecular weight is 652 g/mol. The zero-order chi connectivity index (χ0) is 29.0. The Hall–Kier alpha value is 1.53. The van der Waals surface area contributed by atoms with Crippen molar-refractivity contribution in [3.63, 3.8) is 0 Å². The number of allylic oxidation sites excluding steroid dienone is 1. The summed E-state index contributed by atoms with van der Waals surface area (Å²) in [6, 6.07) is -2.09. The first kappa shape index (κ1) is 53.0. The first-order valence-electron chi connectivity index (χ1n) is 13.5. The number of carbonyl (C=O) groups excluding carboxylic acids is 4. The van der Waals surface area contributed by atoms with Crippen LogP contribution in [-0.2, 0) is 29.3 Å². The normalized spacial score (nSPS) is 12.0. The minimum absolute atomic E-state index is 0. The maximum absolute atomic E-state index is 12.5. The molecule has 1 amide bonds. The number of hydrogen-bond acceptors (Lipinski definition) is 10. The Kier molecular flexibility index (Phi) is 41.0. The van der Waals surface area contributed by atoms with Crippen LogP contribution in [0.2, 0.25) is 0 Å².